The van der Waals surface area contributed by atoms with Gasteiger partial charge in [0.15, 0.2) is 0 Å². The number of hydrogen-bond donors (Lipinski definition) is 1. The lowest BCUT2D eigenvalue weighted by Gasteiger charge is -2.32. The Morgan fingerprint density at radius 2 is 1.85 bits per heavy atom. The molecule has 2 rings (SSSR count). The summed E-state index contributed by atoms with van der Waals surface area (Å²) in [7, 11) is 0. The average Bonchev–Trinajstić information content (AvgIpc) is 2.81. The summed E-state index contributed by atoms with van der Waals surface area (Å²) in [6, 6.07) is 0. The van der Waals surface area contributed by atoms with E-state index in [9.17, 15) is 18.0 Å². The molecule has 116 valence electrons. The lowest BCUT2D eigenvalue weighted by atomic mass is 9.78. The SMILES string of the molecule is O=C(NCC1CCC(Cl)C1)C1CCCCC1C(F)(F)F. The van der Waals surface area contributed by atoms with Gasteiger partial charge in [-0.3, -0.25) is 4.79 Å². The molecular formula is C14H21ClF3NO. The molecule has 20 heavy (non-hydrogen) atoms. The Bertz CT molecular complexity index is 348. The number of rotatable bonds is 3. The van der Waals surface area contributed by atoms with Crippen LogP contribution in [0.15, 0.2) is 0 Å². The van der Waals surface area contributed by atoms with E-state index in [1.54, 1.807) is 0 Å². The van der Waals surface area contributed by atoms with Gasteiger partial charge in [0.05, 0.1) is 5.92 Å². The minimum atomic E-state index is -4.27. The average molecular weight is 312 g/mol. The quantitative estimate of drug-likeness (QED) is 0.787. The topological polar surface area (TPSA) is 29.1 Å². The summed E-state index contributed by atoms with van der Waals surface area (Å²) in [5, 5.41) is 2.87. The van der Waals surface area contributed by atoms with Crippen molar-refractivity contribution >= 4 is 17.5 Å². The Balaban J connectivity index is 1.86. The number of carbonyl (C=O) groups is 1. The van der Waals surface area contributed by atoms with Crippen molar-refractivity contribution in [3.05, 3.63) is 0 Å². The van der Waals surface area contributed by atoms with Crippen molar-refractivity contribution in [1.29, 1.82) is 0 Å². The van der Waals surface area contributed by atoms with Crippen molar-refractivity contribution in [3.63, 3.8) is 0 Å². The summed E-state index contributed by atoms with van der Waals surface area (Å²) in [5.41, 5.74) is 0. The molecule has 0 aliphatic heterocycles. The number of nitrogens with one attached hydrogen (secondary N) is 1. The highest BCUT2D eigenvalue weighted by atomic mass is 35.5. The van der Waals surface area contributed by atoms with Crippen LogP contribution in [0, 0.1) is 17.8 Å². The van der Waals surface area contributed by atoms with Crippen molar-refractivity contribution in [2.45, 2.75) is 56.5 Å². The molecule has 1 amide bonds. The highest BCUT2D eigenvalue weighted by Crippen LogP contribution is 2.41. The molecule has 2 aliphatic carbocycles. The number of hydrogen-bond acceptors (Lipinski definition) is 1. The van der Waals surface area contributed by atoms with E-state index in [2.05, 4.69) is 5.32 Å². The highest BCUT2D eigenvalue weighted by Gasteiger charge is 2.48. The van der Waals surface area contributed by atoms with Gasteiger partial charge in [0.1, 0.15) is 0 Å². The summed E-state index contributed by atoms with van der Waals surface area (Å²) in [5.74, 6) is -2.49. The normalized spacial score (nSPS) is 35.0. The largest absolute Gasteiger partial charge is 0.392 e. The van der Waals surface area contributed by atoms with Crippen LogP contribution in [-0.4, -0.2) is 24.0 Å². The molecule has 4 atom stereocenters. The number of amides is 1. The summed E-state index contributed by atoms with van der Waals surface area (Å²) in [6.45, 7) is 0.461. The number of halogens is 4. The molecule has 0 bridgehead atoms. The van der Waals surface area contributed by atoms with E-state index < -0.39 is 23.9 Å². The van der Waals surface area contributed by atoms with Gasteiger partial charge >= 0.3 is 6.18 Å². The van der Waals surface area contributed by atoms with Crippen LogP contribution in [-0.2, 0) is 4.79 Å². The first-order valence-corrected chi connectivity index (χ1v) is 7.80. The van der Waals surface area contributed by atoms with Crippen LogP contribution in [0.5, 0.6) is 0 Å². The van der Waals surface area contributed by atoms with Crippen LogP contribution in [0.25, 0.3) is 0 Å². The fourth-order valence-corrected chi connectivity index (χ4v) is 3.79. The molecule has 6 heteroatoms. The van der Waals surface area contributed by atoms with Crippen LogP contribution in [0.4, 0.5) is 13.2 Å². The van der Waals surface area contributed by atoms with Crippen molar-refractivity contribution in [3.8, 4) is 0 Å². The van der Waals surface area contributed by atoms with Gasteiger partial charge in [-0.25, -0.2) is 0 Å². The van der Waals surface area contributed by atoms with Crippen molar-refractivity contribution in [2.75, 3.05) is 6.54 Å². The third-order valence-electron chi connectivity index (χ3n) is 4.57. The first-order chi connectivity index (χ1) is 9.38. The second-order valence-corrected chi connectivity index (χ2v) is 6.68. The molecule has 0 aromatic rings. The maximum atomic E-state index is 12.9. The highest BCUT2D eigenvalue weighted by molar-refractivity contribution is 6.20. The van der Waals surface area contributed by atoms with Crippen LogP contribution in [0.3, 0.4) is 0 Å². The van der Waals surface area contributed by atoms with Gasteiger partial charge in [0, 0.05) is 17.8 Å². The number of alkyl halides is 4. The van der Waals surface area contributed by atoms with Gasteiger partial charge < -0.3 is 5.32 Å². The zero-order chi connectivity index (χ0) is 14.8. The molecule has 1 N–H and O–H groups in total. The van der Waals surface area contributed by atoms with Gasteiger partial charge in [-0.2, -0.15) is 13.2 Å². The Hall–Kier alpha value is -0.450. The van der Waals surface area contributed by atoms with E-state index in [0.717, 1.165) is 19.3 Å². The van der Waals surface area contributed by atoms with Crippen molar-refractivity contribution in [1.82, 2.24) is 5.32 Å². The lowest BCUT2D eigenvalue weighted by Crippen LogP contribution is -2.43. The maximum Gasteiger partial charge on any atom is 0.392 e. The summed E-state index contributed by atoms with van der Waals surface area (Å²) < 4.78 is 38.8. The molecule has 4 unspecified atom stereocenters. The molecule has 0 spiro atoms. The fourth-order valence-electron chi connectivity index (χ4n) is 3.41. The Morgan fingerprint density at radius 3 is 2.45 bits per heavy atom. The van der Waals surface area contributed by atoms with Crippen molar-refractivity contribution < 1.29 is 18.0 Å². The van der Waals surface area contributed by atoms with Crippen LogP contribution < -0.4 is 5.32 Å². The van der Waals surface area contributed by atoms with Crippen LogP contribution in [0.1, 0.15) is 44.9 Å². The van der Waals surface area contributed by atoms with E-state index in [4.69, 9.17) is 11.6 Å². The van der Waals surface area contributed by atoms with E-state index in [0.29, 0.717) is 31.7 Å². The predicted molar refractivity (Wildman–Crippen MR) is 71.5 cm³/mol. The van der Waals surface area contributed by atoms with E-state index >= 15 is 0 Å². The number of carbonyl (C=O) groups excluding carboxylic acids is 1. The molecular weight excluding hydrogens is 291 g/mol. The molecule has 0 heterocycles. The summed E-state index contributed by atoms with van der Waals surface area (Å²) >= 11 is 5.99. The Labute approximate surface area is 122 Å². The smallest absolute Gasteiger partial charge is 0.356 e. The van der Waals surface area contributed by atoms with Gasteiger partial charge in [0.2, 0.25) is 5.91 Å². The standard InChI is InChI=1S/C14H21ClF3NO/c15-10-6-5-9(7-10)8-19-13(20)11-3-1-2-4-12(11)14(16,17)18/h9-12H,1-8H2,(H,19,20). The zero-order valence-corrected chi connectivity index (χ0v) is 12.1. The van der Waals surface area contributed by atoms with Gasteiger partial charge in [0.25, 0.3) is 0 Å². The minimum Gasteiger partial charge on any atom is -0.356 e. The Morgan fingerprint density at radius 1 is 1.15 bits per heavy atom. The molecule has 0 radical (unpaired) electrons. The van der Waals surface area contributed by atoms with Gasteiger partial charge in [-0.15, -0.1) is 11.6 Å². The van der Waals surface area contributed by atoms with Gasteiger partial charge in [-0.1, -0.05) is 12.8 Å². The summed E-state index contributed by atoms with van der Waals surface area (Å²) in [6.07, 6.45) is 0.140. The first-order valence-electron chi connectivity index (χ1n) is 7.36. The van der Waals surface area contributed by atoms with E-state index in [1.165, 1.54) is 0 Å². The fraction of sp³-hybridized carbons (Fsp3) is 0.929. The molecule has 2 nitrogen and oxygen atoms in total. The van der Waals surface area contributed by atoms with E-state index in [1.807, 2.05) is 0 Å². The third-order valence-corrected chi connectivity index (χ3v) is 4.96. The van der Waals surface area contributed by atoms with Crippen LogP contribution >= 0.6 is 11.6 Å². The van der Waals surface area contributed by atoms with Crippen LogP contribution in [0.2, 0.25) is 0 Å². The van der Waals surface area contributed by atoms with Gasteiger partial charge in [-0.05, 0) is 38.0 Å². The zero-order valence-electron chi connectivity index (χ0n) is 11.4. The summed E-state index contributed by atoms with van der Waals surface area (Å²) in [4.78, 5) is 12.0. The molecule has 2 aliphatic rings. The van der Waals surface area contributed by atoms with E-state index in [-0.39, 0.29) is 11.8 Å². The molecule has 2 fully saturated rings. The lowest BCUT2D eigenvalue weighted by molar-refractivity contribution is -0.198. The first kappa shape index (κ1) is 15.9. The minimum absolute atomic E-state index is 0.0781. The Kier molecular flexibility index (Phi) is 5.21. The van der Waals surface area contributed by atoms with Crippen molar-refractivity contribution in [2.24, 2.45) is 17.8 Å². The molecule has 2 saturated carbocycles. The second-order valence-electron chi connectivity index (χ2n) is 6.06. The molecule has 0 saturated heterocycles. The molecule has 0 aromatic heterocycles. The third kappa shape index (κ3) is 4.03. The predicted octanol–water partition coefficient (Wildman–Crippen LogP) is 3.88. The second kappa shape index (κ2) is 6.54. The maximum absolute atomic E-state index is 12.9. The molecule has 0 aromatic carbocycles. The monoisotopic (exact) mass is 311 g/mol.